The van der Waals surface area contributed by atoms with Gasteiger partial charge in [0.15, 0.2) is 0 Å². The van der Waals surface area contributed by atoms with Crippen molar-refractivity contribution in [3.8, 4) is 0 Å². The first-order valence-corrected chi connectivity index (χ1v) is 5.89. The summed E-state index contributed by atoms with van der Waals surface area (Å²) >= 11 is 6.77. The van der Waals surface area contributed by atoms with Crippen LogP contribution in [-0.4, -0.2) is 21.8 Å². The van der Waals surface area contributed by atoms with E-state index in [2.05, 4.69) is 27.0 Å². The number of rotatable bonds is 0. The Morgan fingerprint density at radius 3 is 3.09 bits per heavy atom. The van der Waals surface area contributed by atoms with Gasteiger partial charge in [0.1, 0.15) is 0 Å². The Bertz CT molecular complexity index is 398. The van der Waals surface area contributed by atoms with E-state index in [4.69, 9.17) is 0 Å². The molecule has 1 nitrogen and oxygen atoms in total. The Morgan fingerprint density at radius 2 is 2.27 bits per heavy atom. The molecule has 2 aromatic rings. The zero-order valence-electron chi connectivity index (χ0n) is 5.54. The molecular formula is C7H5AsBrNS. The Kier molecular flexibility index (Phi) is 2.04. The zero-order valence-corrected chi connectivity index (χ0v) is 10.4. The number of hydrogen-bond acceptors (Lipinski definition) is 2. The van der Waals surface area contributed by atoms with Crippen molar-refractivity contribution in [3.05, 3.63) is 22.7 Å². The monoisotopic (exact) mass is 289 g/mol. The van der Waals surface area contributed by atoms with Gasteiger partial charge in [0.05, 0.1) is 0 Å². The van der Waals surface area contributed by atoms with E-state index in [1.165, 1.54) is 8.50 Å². The molecule has 0 bridgehead atoms. The van der Waals surface area contributed by atoms with Gasteiger partial charge in [-0.05, 0) is 0 Å². The van der Waals surface area contributed by atoms with Gasteiger partial charge in [-0.15, -0.1) is 0 Å². The maximum absolute atomic E-state index is 4.38. The second kappa shape index (κ2) is 2.89. The molecule has 0 aliphatic carbocycles. The average Bonchev–Trinajstić information content (AvgIpc) is 2.27. The number of aromatic nitrogens is 1. The van der Waals surface area contributed by atoms with Crippen molar-refractivity contribution in [2.45, 2.75) is 0 Å². The van der Waals surface area contributed by atoms with Crippen molar-refractivity contribution in [1.82, 2.24) is 4.98 Å². The molecule has 0 saturated heterocycles. The minimum atomic E-state index is 1.11. The predicted molar refractivity (Wildman–Crippen MR) is 55.5 cm³/mol. The Hall–Kier alpha value is 0.148. The topological polar surface area (TPSA) is 12.9 Å². The summed E-state index contributed by atoms with van der Waals surface area (Å²) in [5.74, 6) is 0. The van der Waals surface area contributed by atoms with E-state index in [1.807, 2.05) is 12.1 Å². The summed E-state index contributed by atoms with van der Waals surface area (Å²) in [4.78, 5) is 4.38. The van der Waals surface area contributed by atoms with Gasteiger partial charge in [-0.1, -0.05) is 0 Å². The number of fused-ring (bicyclic) bond motifs is 1. The number of thiazole rings is 1. The average molecular weight is 290 g/mol. The van der Waals surface area contributed by atoms with Crippen molar-refractivity contribution >= 4 is 58.1 Å². The molecule has 2 rings (SSSR count). The molecule has 1 atom stereocenters. The van der Waals surface area contributed by atoms with Crippen molar-refractivity contribution in [3.63, 3.8) is 0 Å². The Morgan fingerprint density at radius 1 is 1.45 bits per heavy atom. The van der Waals surface area contributed by atoms with E-state index < -0.39 is 0 Å². The molecule has 0 fully saturated rings. The fraction of sp³-hybridized carbons (Fsp3) is 0. The summed E-state index contributed by atoms with van der Waals surface area (Å²) in [5.41, 5.74) is 1.11. The van der Waals surface area contributed by atoms with Gasteiger partial charge in [0.25, 0.3) is 0 Å². The predicted octanol–water partition coefficient (Wildman–Crippen LogP) is 1.32. The summed E-state index contributed by atoms with van der Waals surface area (Å²) in [7, 11) is 0. The molecule has 0 N–H and O–H groups in total. The van der Waals surface area contributed by atoms with Crippen LogP contribution in [0, 0.1) is 0 Å². The van der Waals surface area contributed by atoms with Gasteiger partial charge in [-0.25, -0.2) is 0 Å². The van der Waals surface area contributed by atoms with E-state index >= 15 is 0 Å². The standard InChI is InChI=1S/C7H5AsBrNS/c8-7-10-5-2-1-4(9)3-6(5)11-7/h1-3H,8H2. The van der Waals surface area contributed by atoms with Gasteiger partial charge >= 0.3 is 85.8 Å². The Labute approximate surface area is 85.5 Å². The molecule has 56 valence electrons. The molecule has 0 spiro atoms. The van der Waals surface area contributed by atoms with Crippen LogP contribution >= 0.6 is 27.3 Å². The quantitative estimate of drug-likeness (QED) is 0.667. The minimum absolute atomic E-state index is 1.11. The number of hydrogen-bond donors (Lipinski definition) is 0. The third-order valence-electron chi connectivity index (χ3n) is 1.37. The number of benzene rings is 1. The van der Waals surface area contributed by atoms with E-state index in [1.54, 1.807) is 28.2 Å². The van der Waals surface area contributed by atoms with Crippen molar-refractivity contribution < 1.29 is 0 Å². The third-order valence-corrected chi connectivity index (χ3v) is 3.72. The van der Waals surface area contributed by atoms with Crippen LogP contribution in [0.2, 0.25) is 0 Å². The molecule has 1 aromatic heterocycles. The van der Waals surface area contributed by atoms with E-state index in [-0.39, 0.29) is 0 Å². The second-order valence-corrected chi connectivity index (χ2v) is 6.17. The van der Waals surface area contributed by atoms with Crippen LogP contribution < -0.4 is 3.80 Å². The van der Waals surface area contributed by atoms with Gasteiger partial charge in [0.2, 0.25) is 0 Å². The van der Waals surface area contributed by atoms with Gasteiger partial charge in [-0.3, -0.25) is 0 Å². The molecule has 0 radical (unpaired) electrons. The summed E-state index contributed by atoms with van der Waals surface area (Å²) in [6, 6.07) is 6.17. The van der Waals surface area contributed by atoms with Crippen molar-refractivity contribution in [1.29, 1.82) is 0 Å². The molecule has 1 aromatic carbocycles. The molecule has 0 amide bonds. The van der Waals surface area contributed by atoms with Crippen LogP contribution in [0.5, 0.6) is 0 Å². The van der Waals surface area contributed by atoms with E-state index in [9.17, 15) is 0 Å². The summed E-state index contributed by atoms with van der Waals surface area (Å²) in [6.45, 7) is 0. The molecule has 1 heterocycles. The molecule has 0 saturated carbocycles. The maximum atomic E-state index is 4.38. The van der Waals surface area contributed by atoms with Gasteiger partial charge < -0.3 is 0 Å². The normalized spacial score (nSPS) is 10.7. The van der Waals surface area contributed by atoms with Crippen molar-refractivity contribution in [2.75, 3.05) is 0 Å². The first kappa shape index (κ1) is 7.78. The van der Waals surface area contributed by atoms with Crippen LogP contribution in [-0.2, 0) is 0 Å². The summed E-state index contributed by atoms with van der Waals surface area (Å²) in [5, 5.41) is 0. The van der Waals surface area contributed by atoms with Crippen LogP contribution in [0.1, 0.15) is 0 Å². The third kappa shape index (κ3) is 1.51. The first-order valence-electron chi connectivity index (χ1n) is 3.07. The van der Waals surface area contributed by atoms with Crippen molar-refractivity contribution in [2.24, 2.45) is 0 Å². The zero-order chi connectivity index (χ0) is 7.84. The van der Waals surface area contributed by atoms with E-state index in [0.29, 0.717) is 0 Å². The van der Waals surface area contributed by atoms with Crippen LogP contribution in [0.4, 0.5) is 0 Å². The molecular weight excluding hydrogens is 285 g/mol. The molecule has 4 heteroatoms. The SMILES string of the molecule is [AsH2]c1nc2ccc(Br)cc2s1. The number of nitrogens with zero attached hydrogens (tertiary/aromatic N) is 1. The van der Waals surface area contributed by atoms with E-state index in [0.717, 1.165) is 9.99 Å². The molecule has 0 aliphatic heterocycles. The first-order chi connectivity index (χ1) is 5.25. The fourth-order valence-electron chi connectivity index (χ4n) is 0.916. The second-order valence-electron chi connectivity index (χ2n) is 2.16. The molecule has 0 aliphatic rings. The summed E-state index contributed by atoms with van der Waals surface area (Å²) in [6.07, 6.45) is 0. The summed E-state index contributed by atoms with van der Waals surface area (Å²) < 4.78 is 3.57. The number of halogens is 1. The van der Waals surface area contributed by atoms with Crippen LogP contribution in [0.25, 0.3) is 10.2 Å². The van der Waals surface area contributed by atoms with Gasteiger partial charge in [0, 0.05) is 0 Å². The fourth-order valence-corrected chi connectivity index (χ4v) is 3.29. The van der Waals surface area contributed by atoms with Gasteiger partial charge in [-0.2, -0.15) is 0 Å². The van der Waals surface area contributed by atoms with Crippen LogP contribution in [0.15, 0.2) is 22.7 Å². The molecule has 1 unspecified atom stereocenters. The Balaban J connectivity index is 2.82. The molecule has 11 heavy (non-hydrogen) atoms. The van der Waals surface area contributed by atoms with Crippen LogP contribution in [0.3, 0.4) is 0 Å².